The van der Waals surface area contributed by atoms with Gasteiger partial charge in [0.05, 0.1) is 37.5 Å². The van der Waals surface area contributed by atoms with Crippen LogP contribution in [0.15, 0.2) is 35.4 Å². The molecule has 0 atom stereocenters. The number of benzene rings is 2. The van der Waals surface area contributed by atoms with Crippen molar-refractivity contribution in [2.24, 2.45) is 0 Å². The van der Waals surface area contributed by atoms with Gasteiger partial charge in [0.1, 0.15) is 0 Å². The summed E-state index contributed by atoms with van der Waals surface area (Å²) in [6.45, 7) is 5.34. The molecule has 0 spiro atoms. The number of ether oxygens (including phenoxy) is 4. The van der Waals surface area contributed by atoms with Crippen molar-refractivity contribution in [3.05, 3.63) is 56.6 Å². The van der Waals surface area contributed by atoms with Crippen LogP contribution in [0.2, 0.25) is 10.0 Å². The van der Waals surface area contributed by atoms with E-state index in [9.17, 15) is 4.79 Å². The zero-order valence-electron chi connectivity index (χ0n) is 21.4. The van der Waals surface area contributed by atoms with Gasteiger partial charge >= 0.3 is 0 Å². The van der Waals surface area contributed by atoms with E-state index in [2.05, 4.69) is 13.8 Å². The van der Waals surface area contributed by atoms with Gasteiger partial charge in [0, 0.05) is 11.1 Å². The smallest absolute Gasteiger partial charge is 0.185 e. The summed E-state index contributed by atoms with van der Waals surface area (Å²) < 4.78 is 22.6. The third kappa shape index (κ3) is 6.98. The zero-order chi connectivity index (χ0) is 26.1. The third-order valence-corrected chi connectivity index (χ3v) is 6.48. The first kappa shape index (κ1) is 27.9. The van der Waals surface area contributed by atoms with Crippen LogP contribution in [-0.4, -0.2) is 33.2 Å². The second kappa shape index (κ2) is 13.6. The molecule has 1 fully saturated rings. The van der Waals surface area contributed by atoms with E-state index in [1.165, 1.54) is 0 Å². The normalized spacial score (nSPS) is 15.6. The minimum absolute atomic E-state index is 0.00623. The predicted molar refractivity (Wildman–Crippen MR) is 147 cm³/mol. The number of hydrogen-bond acceptors (Lipinski definition) is 5. The number of carbonyl (C=O) groups is 1. The van der Waals surface area contributed by atoms with E-state index >= 15 is 0 Å². The lowest BCUT2D eigenvalue weighted by Crippen LogP contribution is -2.01. The number of carbonyl (C=O) groups excluding carboxylic acids is 1. The average Bonchev–Trinajstić information content (AvgIpc) is 3.19. The van der Waals surface area contributed by atoms with Crippen LogP contribution in [0.25, 0.3) is 12.2 Å². The molecule has 0 saturated heterocycles. The molecule has 1 saturated carbocycles. The summed E-state index contributed by atoms with van der Waals surface area (Å²) in [6, 6.07) is 7.29. The van der Waals surface area contributed by atoms with Crippen molar-refractivity contribution in [1.29, 1.82) is 0 Å². The fraction of sp³-hybridized carbons (Fsp3) is 0.414. The minimum Gasteiger partial charge on any atom is -0.493 e. The van der Waals surface area contributed by atoms with Crippen LogP contribution in [0, 0.1) is 0 Å². The van der Waals surface area contributed by atoms with Gasteiger partial charge in [-0.2, -0.15) is 0 Å². The molecule has 36 heavy (non-hydrogen) atoms. The number of Topliss-reactive ketones (excluding diaryl/α,β-unsaturated/α-hetero) is 1. The molecule has 0 radical (unpaired) electrons. The Morgan fingerprint density at radius 3 is 1.53 bits per heavy atom. The highest BCUT2D eigenvalue weighted by Crippen LogP contribution is 2.40. The Morgan fingerprint density at radius 1 is 0.750 bits per heavy atom. The van der Waals surface area contributed by atoms with Crippen LogP contribution in [0.4, 0.5) is 0 Å². The van der Waals surface area contributed by atoms with Crippen LogP contribution in [0.5, 0.6) is 23.0 Å². The fourth-order valence-corrected chi connectivity index (χ4v) is 4.49. The van der Waals surface area contributed by atoms with Crippen molar-refractivity contribution < 1.29 is 23.7 Å². The molecule has 3 rings (SSSR count). The van der Waals surface area contributed by atoms with E-state index in [0.29, 0.717) is 59.1 Å². The molecular weight excluding hydrogens is 499 g/mol. The molecule has 2 aromatic carbocycles. The molecule has 2 aromatic rings. The van der Waals surface area contributed by atoms with Crippen molar-refractivity contribution in [3.8, 4) is 23.0 Å². The minimum atomic E-state index is 0.00623. The first-order chi connectivity index (χ1) is 17.4. The van der Waals surface area contributed by atoms with Crippen molar-refractivity contribution in [2.45, 2.75) is 52.4 Å². The first-order valence-electron chi connectivity index (χ1n) is 12.4. The Kier molecular flexibility index (Phi) is 10.6. The van der Waals surface area contributed by atoms with Crippen LogP contribution < -0.4 is 18.9 Å². The average molecular weight is 533 g/mol. The third-order valence-electron chi connectivity index (χ3n) is 5.92. The number of methoxy groups -OCH3 is 2. The molecule has 0 amide bonds. The van der Waals surface area contributed by atoms with Gasteiger partial charge in [0.25, 0.3) is 0 Å². The number of unbranched alkanes of at least 4 members (excludes halogenated alkanes) is 2. The fourth-order valence-electron chi connectivity index (χ4n) is 3.94. The molecule has 0 aromatic heterocycles. The number of rotatable bonds is 12. The first-order valence-corrected chi connectivity index (χ1v) is 13.1. The molecule has 0 aliphatic heterocycles. The summed E-state index contributed by atoms with van der Waals surface area (Å²) in [6.07, 6.45) is 8.93. The number of hydrogen-bond donors (Lipinski definition) is 0. The van der Waals surface area contributed by atoms with Crippen LogP contribution in [0.1, 0.15) is 63.5 Å². The van der Waals surface area contributed by atoms with Crippen molar-refractivity contribution in [2.75, 3.05) is 27.4 Å². The van der Waals surface area contributed by atoms with Gasteiger partial charge in [-0.05, 0) is 73.2 Å². The summed E-state index contributed by atoms with van der Waals surface area (Å²) in [4.78, 5) is 13.2. The maximum atomic E-state index is 13.2. The van der Waals surface area contributed by atoms with Gasteiger partial charge in [-0.1, -0.05) is 49.9 Å². The highest BCUT2D eigenvalue weighted by atomic mass is 35.5. The summed E-state index contributed by atoms with van der Waals surface area (Å²) >= 11 is 13.0. The predicted octanol–water partition coefficient (Wildman–Crippen LogP) is 8.20. The molecule has 1 aliphatic carbocycles. The van der Waals surface area contributed by atoms with E-state index in [0.717, 1.165) is 48.0 Å². The van der Waals surface area contributed by atoms with E-state index < -0.39 is 0 Å². The van der Waals surface area contributed by atoms with Crippen molar-refractivity contribution in [3.63, 3.8) is 0 Å². The summed E-state index contributed by atoms with van der Waals surface area (Å²) in [5.41, 5.74) is 3.03. The van der Waals surface area contributed by atoms with Crippen molar-refractivity contribution in [1.82, 2.24) is 0 Å². The maximum Gasteiger partial charge on any atom is 0.185 e. The molecule has 0 N–H and O–H groups in total. The quantitative estimate of drug-likeness (QED) is 0.203. The lowest BCUT2D eigenvalue weighted by atomic mass is 10.1. The Bertz CT molecular complexity index is 1050. The molecule has 0 unspecified atom stereocenters. The van der Waals surface area contributed by atoms with E-state index in [4.69, 9.17) is 42.1 Å². The summed E-state index contributed by atoms with van der Waals surface area (Å²) in [7, 11) is 3.16. The number of allylic oxidation sites excluding steroid dienone is 2. The molecule has 0 bridgehead atoms. The lowest BCUT2D eigenvalue weighted by molar-refractivity contribution is -0.111. The van der Waals surface area contributed by atoms with Gasteiger partial charge in [0.2, 0.25) is 0 Å². The maximum absolute atomic E-state index is 13.2. The topological polar surface area (TPSA) is 54.0 Å². The molecule has 7 heteroatoms. The Morgan fingerprint density at radius 2 is 1.17 bits per heavy atom. The summed E-state index contributed by atoms with van der Waals surface area (Å²) in [5.74, 6) is 2.16. The molecule has 0 heterocycles. The lowest BCUT2D eigenvalue weighted by Gasteiger charge is -2.13. The van der Waals surface area contributed by atoms with Gasteiger partial charge in [-0.25, -0.2) is 0 Å². The molecule has 1 aliphatic rings. The number of ketones is 1. The monoisotopic (exact) mass is 532 g/mol. The van der Waals surface area contributed by atoms with E-state index in [-0.39, 0.29) is 5.78 Å². The van der Waals surface area contributed by atoms with E-state index in [1.807, 2.05) is 24.3 Å². The standard InChI is InChI=1S/C29H34Cl2O5/c1-5-7-11-35-28-23(30)15-19(17-25(28)33-3)13-21-9-10-22(27(21)32)14-20-16-24(31)29(26(18-20)34-4)36-12-8-6-2/h13-18H,5-12H2,1-4H3/b21-13-,22-14+. The van der Waals surface area contributed by atoms with Gasteiger partial charge in [-0.3, -0.25) is 4.79 Å². The summed E-state index contributed by atoms with van der Waals surface area (Å²) in [5, 5.41) is 0.919. The second-order valence-corrected chi connectivity index (χ2v) is 9.45. The Balaban J connectivity index is 1.82. The van der Waals surface area contributed by atoms with Gasteiger partial charge < -0.3 is 18.9 Å². The zero-order valence-corrected chi connectivity index (χ0v) is 22.9. The largest absolute Gasteiger partial charge is 0.493 e. The van der Waals surface area contributed by atoms with Gasteiger partial charge in [0.15, 0.2) is 28.8 Å². The van der Waals surface area contributed by atoms with Gasteiger partial charge in [-0.15, -0.1) is 0 Å². The van der Waals surface area contributed by atoms with Crippen LogP contribution in [-0.2, 0) is 4.79 Å². The van der Waals surface area contributed by atoms with Crippen LogP contribution >= 0.6 is 23.2 Å². The highest BCUT2D eigenvalue weighted by Gasteiger charge is 2.24. The Hall–Kier alpha value is -2.63. The highest BCUT2D eigenvalue weighted by molar-refractivity contribution is 6.33. The Labute approximate surface area is 224 Å². The SMILES string of the molecule is CCCCOc1c(Cl)cc(/C=C2/CC/C(=C\c3cc(Cl)c(OCCCC)c(OC)c3)C2=O)cc1OC. The van der Waals surface area contributed by atoms with E-state index in [1.54, 1.807) is 26.4 Å². The molecular formula is C29H34Cl2O5. The second-order valence-electron chi connectivity index (χ2n) is 8.64. The van der Waals surface area contributed by atoms with Crippen LogP contribution in [0.3, 0.4) is 0 Å². The number of halogens is 2. The van der Waals surface area contributed by atoms with Crippen molar-refractivity contribution >= 4 is 41.1 Å². The molecule has 5 nitrogen and oxygen atoms in total. The molecule has 194 valence electrons.